The molecule has 0 spiro atoms. The van der Waals surface area contributed by atoms with Gasteiger partial charge in [-0.25, -0.2) is 8.78 Å². The Morgan fingerprint density at radius 1 is 0.964 bits per heavy atom. The minimum Gasteiger partial charge on any atom is -0.367 e. The highest BCUT2D eigenvalue weighted by Crippen LogP contribution is 2.29. The molecule has 2 aliphatic rings. The van der Waals surface area contributed by atoms with E-state index in [4.69, 9.17) is 5.73 Å². The summed E-state index contributed by atoms with van der Waals surface area (Å²) in [5.74, 6) is -0.209. The highest BCUT2D eigenvalue weighted by atomic mass is 19.1. The first-order valence-electron chi connectivity index (χ1n) is 9.95. The van der Waals surface area contributed by atoms with Crippen LogP contribution in [0.2, 0.25) is 0 Å². The van der Waals surface area contributed by atoms with E-state index in [0.717, 1.165) is 50.4 Å². The van der Waals surface area contributed by atoms with E-state index < -0.39 is 0 Å². The number of halogens is 2. The topological polar surface area (TPSA) is 35.7 Å². The number of nitrogens with zero attached hydrogens (tertiary/aromatic N) is 3. The van der Waals surface area contributed by atoms with Gasteiger partial charge >= 0.3 is 0 Å². The van der Waals surface area contributed by atoms with E-state index in [0.29, 0.717) is 12.2 Å². The minimum absolute atomic E-state index is 0.0000732. The molecule has 150 valence electrons. The summed E-state index contributed by atoms with van der Waals surface area (Å²) < 4.78 is 27.9. The van der Waals surface area contributed by atoms with E-state index in [1.807, 2.05) is 24.3 Å². The molecule has 6 heteroatoms. The molecule has 2 saturated heterocycles. The minimum atomic E-state index is -0.233. The van der Waals surface area contributed by atoms with Gasteiger partial charge in [0.05, 0.1) is 5.69 Å². The third kappa shape index (κ3) is 4.19. The fourth-order valence-electron chi connectivity index (χ4n) is 4.32. The predicted molar refractivity (Wildman–Crippen MR) is 109 cm³/mol. The van der Waals surface area contributed by atoms with Gasteiger partial charge in [0.2, 0.25) is 0 Å². The molecule has 28 heavy (non-hydrogen) atoms. The van der Waals surface area contributed by atoms with Crippen LogP contribution in [-0.2, 0) is 6.54 Å². The fourth-order valence-corrected chi connectivity index (χ4v) is 4.32. The van der Waals surface area contributed by atoms with Crippen molar-refractivity contribution in [2.75, 3.05) is 51.2 Å². The maximum Gasteiger partial charge on any atom is 0.146 e. The maximum atomic E-state index is 14.7. The molecule has 2 heterocycles. The first-order chi connectivity index (χ1) is 13.5. The van der Waals surface area contributed by atoms with Gasteiger partial charge in [0.1, 0.15) is 11.6 Å². The third-order valence-electron chi connectivity index (χ3n) is 6.00. The monoisotopic (exact) mass is 386 g/mol. The standard InChI is InChI=1S/C22H28F2N4/c1-26-8-10-28(11-9-26)22-7-2-16(12-20(22)24)13-27-14-19(21(25)15-27)17-3-5-18(23)6-4-17/h2-7,12,19,21H,8-11,13-15,25H2,1H3/t19-,21+/m1/s1. The van der Waals surface area contributed by atoms with Crippen molar-refractivity contribution in [1.82, 2.24) is 9.80 Å². The van der Waals surface area contributed by atoms with Gasteiger partial charge in [-0.05, 0) is 42.4 Å². The van der Waals surface area contributed by atoms with Crippen LogP contribution in [0, 0.1) is 11.6 Å². The number of benzene rings is 2. The maximum absolute atomic E-state index is 14.7. The van der Waals surface area contributed by atoms with E-state index in [2.05, 4.69) is 21.7 Å². The highest BCUT2D eigenvalue weighted by Gasteiger charge is 2.31. The highest BCUT2D eigenvalue weighted by molar-refractivity contribution is 5.49. The van der Waals surface area contributed by atoms with E-state index in [1.165, 1.54) is 12.1 Å². The quantitative estimate of drug-likeness (QED) is 0.876. The molecule has 0 unspecified atom stereocenters. The van der Waals surface area contributed by atoms with Crippen LogP contribution in [0.1, 0.15) is 17.0 Å². The lowest BCUT2D eigenvalue weighted by Gasteiger charge is -2.34. The third-order valence-corrected chi connectivity index (χ3v) is 6.00. The van der Waals surface area contributed by atoms with Crippen molar-refractivity contribution >= 4 is 5.69 Å². The molecule has 4 rings (SSSR count). The molecule has 0 aliphatic carbocycles. The summed E-state index contributed by atoms with van der Waals surface area (Å²) >= 11 is 0. The van der Waals surface area contributed by atoms with Crippen molar-refractivity contribution < 1.29 is 8.78 Å². The van der Waals surface area contributed by atoms with Gasteiger partial charge in [-0.3, -0.25) is 4.90 Å². The molecule has 2 N–H and O–H groups in total. The lowest BCUT2D eigenvalue weighted by atomic mass is 9.95. The first kappa shape index (κ1) is 19.3. The molecule has 0 aromatic heterocycles. The second-order valence-electron chi connectivity index (χ2n) is 8.09. The molecule has 2 aromatic carbocycles. The molecular formula is C22H28F2N4. The molecule has 2 aromatic rings. The lowest BCUT2D eigenvalue weighted by Crippen LogP contribution is -2.44. The smallest absolute Gasteiger partial charge is 0.146 e. The molecule has 2 fully saturated rings. The number of hydrogen-bond acceptors (Lipinski definition) is 4. The van der Waals surface area contributed by atoms with Gasteiger partial charge in [-0.2, -0.15) is 0 Å². The van der Waals surface area contributed by atoms with E-state index in [-0.39, 0.29) is 23.6 Å². The summed E-state index contributed by atoms with van der Waals surface area (Å²) in [6, 6.07) is 12.2. The summed E-state index contributed by atoms with van der Waals surface area (Å²) in [6.07, 6.45) is 0. The van der Waals surface area contributed by atoms with E-state index >= 15 is 0 Å². The second kappa shape index (κ2) is 8.15. The van der Waals surface area contributed by atoms with Gasteiger partial charge in [0, 0.05) is 57.8 Å². The molecule has 0 saturated carbocycles. The molecule has 0 amide bonds. The zero-order valence-corrected chi connectivity index (χ0v) is 16.3. The first-order valence-corrected chi connectivity index (χ1v) is 9.95. The molecule has 2 atom stereocenters. The van der Waals surface area contributed by atoms with Crippen molar-refractivity contribution in [3.63, 3.8) is 0 Å². The largest absolute Gasteiger partial charge is 0.367 e. The normalized spacial score (nSPS) is 24.1. The number of rotatable bonds is 4. The SMILES string of the molecule is CN1CCN(c2ccc(CN3C[C@H](c4ccc(F)cc4)[C@@H](N)C3)cc2F)CC1. The summed E-state index contributed by atoms with van der Waals surface area (Å²) in [5, 5.41) is 0. The Bertz CT molecular complexity index is 803. The predicted octanol–water partition coefficient (Wildman–Crippen LogP) is 2.64. The molecule has 4 nitrogen and oxygen atoms in total. The van der Waals surface area contributed by atoms with E-state index in [1.54, 1.807) is 6.07 Å². The summed E-state index contributed by atoms with van der Waals surface area (Å²) in [7, 11) is 2.09. The number of hydrogen-bond donors (Lipinski definition) is 1. The number of piperazine rings is 1. The average Bonchev–Trinajstić information content (AvgIpc) is 3.03. The summed E-state index contributed by atoms with van der Waals surface area (Å²) in [6.45, 7) is 5.85. The zero-order chi connectivity index (χ0) is 19.7. The van der Waals surface area contributed by atoms with Crippen LogP contribution in [-0.4, -0.2) is 62.2 Å². The summed E-state index contributed by atoms with van der Waals surface area (Å²) in [5.41, 5.74) is 9.05. The lowest BCUT2D eigenvalue weighted by molar-refractivity contribution is 0.311. The average molecular weight is 386 g/mol. The van der Waals surface area contributed by atoms with Crippen molar-refractivity contribution in [1.29, 1.82) is 0 Å². The fraction of sp³-hybridized carbons (Fsp3) is 0.455. The van der Waals surface area contributed by atoms with Crippen LogP contribution in [0.25, 0.3) is 0 Å². The number of anilines is 1. The Morgan fingerprint density at radius 2 is 1.68 bits per heavy atom. The number of likely N-dealkylation sites (N-methyl/N-ethyl adjacent to an activating group) is 1. The number of likely N-dealkylation sites (tertiary alicyclic amines) is 1. The van der Waals surface area contributed by atoms with Gasteiger partial charge in [-0.1, -0.05) is 18.2 Å². The van der Waals surface area contributed by atoms with Crippen molar-refractivity contribution in [2.45, 2.75) is 18.5 Å². The Labute approximate surface area is 165 Å². The van der Waals surface area contributed by atoms with Crippen LogP contribution in [0.15, 0.2) is 42.5 Å². The van der Waals surface area contributed by atoms with Gasteiger partial charge in [0.25, 0.3) is 0 Å². The van der Waals surface area contributed by atoms with Crippen molar-refractivity contribution in [3.05, 3.63) is 65.2 Å². The van der Waals surface area contributed by atoms with Crippen molar-refractivity contribution in [2.24, 2.45) is 5.73 Å². The molecule has 0 bridgehead atoms. The molecule has 0 radical (unpaired) electrons. The van der Waals surface area contributed by atoms with Crippen LogP contribution in [0.5, 0.6) is 0 Å². The van der Waals surface area contributed by atoms with Crippen LogP contribution >= 0.6 is 0 Å². The van der Waals surface area contributed by atoms with Crippen LogP contribution in [0.3, 0.4) is 0 Å². The number of nitrogens with two attached hydrogens (primary N) is 1. The second-order valence-corrected chi connectivity index (χ2v) is 8.09. The van der Waals surface area contributed by atoms with Gasteiger partial charge < -0.3 is 15.5 Å². The summed E-state index contributed by atoms with van der Waals surface area (Å²) in [4.78, 5) is 6.63. The Balaban J connectivity index is 1.40. The van der Waals surface area contributed by atoms with Crippen LogP contribution in [0.4, 0.5) is 14.5 Å². The Morgan fingerprint density at radius 3 is 2.36 bits per heavy atom. The Kier molecular flexibility index (Phi) is 5.62. The van der Waals surface area contributed by atoms with Gasteiger partial charge in [0.15, 0.2) is 0 Å². The van der Waals surface area contributed by atoms with Gasteiger partial charge in [-0.15, -0.1) is 0 Å². The zero-order valence-electron chi connectivity index (χ0n) is 16.3. The van der Waals surface area contributed by atoms with E-state index in [9.17, 15) is 8.78 Å². The Hall–Kier alpha value is -2.02. The molecular weight excluding hydrogens is 358 g/mol. The molecule has 2 aliphatic heterocycles. The van der Waals surface area contributed by atoms with Crippen molar-refractivity contribution in [3.8, 4) is 0 Å². The van der Waals surface area contributed by atoms with Crippen LogP contribution < -0.4 is 10.6 Å².